The fourth-order valence-electron chi connectivity index (χ4n) is 2.20. The van der Waals surface area contributed by atoms with Crippen LogP contribution in [-0.4, -0.2) is 15.8 Å². The summed E-state index contributed by atoms with van der Waals surface area (Å²) in [6.45, 7) is 1.50. The average molecular weight is 298 g/mol. The van der Waals surface area contributed by atoms with E-state index in [4.69, 9.17) is 17.3 Å². The predicted molar refractivity (Wildman–Crippen MR) is 84.4 cm³/mol. The van der Waals surface area contributed by atoms with Crippen molar-refractivity contribution in [2.75, 3.05) is 5.73 Å². The van der Waals surface area contributed by atoms with Crippen LogP contribution >= 0.6 is 11.6 Å². The van der Waals surface area contributed by atoms with Crippen LogP contribution in [0.4, 0.5) is 5.82 Å². The van der Waals surface area contributed by atoms with E-state index in [0.717, 1.165) is 11.3 Å². The van der Waals surface area contributed by atoms with Crippen molar-refractivity contribution in [3.63, 3.8) is 0 Å². The number of anilines is 1. The van der Waals surface area contributed by atoms with Crippen molar-refractivity contribution < 1.29 is 4.79 Å². The van der Waals surface area contributed by atoms with Gasteiger partial charge < -0.3 is 5.73 Å². The number of nitrogens with zero attached hydrogens (tertiary/aromatic N) is 2. The molecule has 3 rings (SSSR count). The van der Waals surface area contributed by atoms with Crippen LogP contribution in [0.5, 0.6) is 0 Å². The van der Waals surface area contributed by atoms with Gasteiger partial charge in [0.15, 0.2) is 5.78 Å². The minimum Gasteiger partial charge on any atom is -0.382 e. The topological polar surface area (TPSA) is 68.9 Å². The molecule has 3 aromatic rings. The van der Waals surface area contributed by atoms with E-state index in [9.17, 15) is 4.79 Å². The number of hydrogen-bond acceptors (Lipinski definition) is 4. The van der Waals surface area contributed by atoms with E-state index < -0.39 is 0 Å². The number of hydrogen-bond donors (Lipinski definition) is 1. The molecule has 0 amide bonds. The molecule has 5 heteroatoms. The number of carbonyl (C=O) groups is 1. The standard InChI is InChI=1S/C16H12ClN3O/c1-9(21)13-8-19-16(18)15-12(13)6-7-14(20-15)10-2-4-11(17)5-3-10/h2-8H,1H3,(H2,18,19). The molecule has 21 heavy (non-hydrogen) atoms. The second-order valence-corrected chi connectivity index (χ2v) is 5.15. The number of ketones is 1. The monoisotopic (exact) mass is 297 g/mol. The quantitative estimate of drug-likeness (QED) is 0.732. The molecule has 2 heterocycles. The highest BCUT2D eigenvalue weighted by molar-refractivity contribution is 6.30. The smallest absolute Gasteiger partial charge is 0.162 e. The largest absolute Gasteiger partial charge is 0.382 e. The van der Waals surface area contributed by atoms with Crippen LogP contribution in [-0.2, 0) is 0 Å². The van der Waals surface area contributed by atoms with Crippen LogP contribution in [0.15, 0.2) is 42.6 Å². The summed E-state index contributed by atoms with van der Waals surface area (Å²) >= 11 is 5.89. The van der Waals surface area contributed by atoms with E-state index in [2.05, 4.69) is 9.97 Å². The summed E-state index contributed by atoms with van der Waals surface area (Å²) in [5.74, 6) is 0.249. The first-order valence-corrected chi connectivity index (χ1v) is 6.76. The Kier molecular flexibility index (Phi) is 3.31. The molecule has 0 saturated carbocycles. The Morgan fingerprint density at radius 1 is 1.14 bits per heavy atom. The number of rotatable bonds is 2. The van der Waals surface area contributed by atoms with Gasteiger partial charge in [-0.25, -0.2) is 9.97 Å². The van der Waals surface area contributed by atoms with Crippen LogP contribution in [0.3, 0.4) is 0 Å². The molecule has 0 radical (unpaired) electrons. The molecule has 1 aromatic carbocycles. The highest BCUT2D eigenvalue weighted by Gasteiger charge is 2.11. The number of aromatic nitrogens is 2. The molecule has 2 N–H and O–H groups in total. The number of fused-ring (bicyclic) bond motifs is 1. The molecule has 0 saturated heterocycles. The summed E-state index contributed by atoms with van der Waals surface area (Å²) in [7, 11) is 0. The Bertz CT molecular complexity index is 844. The zero-order valence-corrected chi connectivity index (χ0v) is 12.1. The van der Waals surface area contributed by atoms with E-state index in [1.165, 1.54) is 13.1 Å². The molecule has 0 aliphatic carbocycles. The molecule has 0 fully saturated rings. The Balaban J connectivity index is 2.22. The second kappa shape index (κ2) is 5.14. The zero-order valence-electron chi connectivity index (χ0n) is 11.3. The van der Waals surface area contributed by atoms with Crippen LogP contribution in [0.1, 0.15) is 17.3 Å². The molecule has 0 spiro atoms. The third-order valence-electron chi connectivity index (χ3n) is 3.28. The summed E-state index contributed by atoms with van der Waals surface area (Å²) < 4.78 is 0. The maximum atomic E-state index is 11.6. The van der Waals surface area contributed by atoms with Crippen LogP contribution in [0, 0.1) is 0 Å². The molecule has 104 valence electrons. The number of halogens is 1. The minimum absolute atomic E-state index is 0.0615. The molecule has 2 aromatic heterocycles. The highest BCUT2D eigenvalue weighted by Crippen LogP contribution is 2.26. The number of benzene rings is 1. The Morgan fingerprint density at radius 2 is 1.86 bits per heavy atom. The van der Waals surface area contributed by atoms with Gasteiger partial charge in [0.1, 0.15) is 11.3 Å². The number of carbonyl (C=O) groups excluding carboxylic acids is 1. The van der Waals surface area contributed by atoms with Crippen molar-refractivity contribution in [1.82, 2.24) is 9.97 Å². The maximum absolute atomic E-state index is 11.6. The number of pyridine rings is 2. The van der Waals surface area contributed by atoms with Crippen molar-refractivity contribution in [1.29, 1.82) is 0 Å². The van der Waals surface area contributed by atoms with Gasteiger partial charge in [0.2, 0.25) is 0 Å². The lowest BCUT2D eigenvalue weighted by molar-refractivity contribution is 0.101. The van der Waals surface area contributed by atoms with Crippen molar-refractivity contribution in [3.05, 3.63) is 53.2 Å². The zero-order chi connectivity index (χ0) is 15.0. The molecule has 0 atom stereocenters. The molecular formula is C16H12ClN3O. The normalized spacial score (nSPS) is 10.8. The van der Waals surface area contributed by atoms with Gasteiger partial charge in [0.05, 0.1) is 5.69 Å². The summed E-state index contributed by atoms with van der Waals surface area (Å²) in [6.07, 6.45) is 1.49. The molecule has 0 aliphatic heterocycles. The SMILES string of the molecule is CC(=O)c1cnc(N)c2nc(-c3ccc(Cl)cc3)ccc12. The third-order valence-corrected chi connectivity index (χ3v) is 3.53. The van der Waals surface area contributed by atoms with Crippen LogP contribution < -0.4 is 5.73 Å². The maximum Gasteiger partial charge on any atom is 0.162 e. The van der Waals surface area contributed by atoms with Gasteiger partial charge in [-0.15, -0.1) is 0 Å². The number of nitrogen functional groups attached to an aromatic ring is 1. The number of nitrogens with two attached hydrogens (primary N) is 1. The predicted octanol–water partition coefficient (Wildman–Crippen LogP) is 3.74. The van der Waals surface area contributed by atoms with Crippen molar-refractivity contribution in [3.8, 4) is 11.3 Å². The Hall–Kier alpha value is -2.46. The molecular weight excluding hydrogens is 286 g/mol. The lowest BCUT2D eigenvalue weighted by atomic mass is 10.1. The van der Waals surface area contributed by atoms with E-state index in [0.29, 0.717) is 27.3 Å². The van der Waals surface area contributed by atoms with Gasteiger partial charge in [0.25, 0.3) is 0 Å². The fraction of sp³-hybridized carbons (Fsp3) is 0.0625. The van der Waals surface area contributed by atoms with Crippen molar-refractivity contribution in [2.45, 2.75) is 6.92 Å². The minimum atomic E-state index is -0.0615. The lowest BCUT2D eigenvalue weighted by Gasteiger charge is -2.07. The number of Topliss-reactive ketones (excluding diaryl/α,β-unsaturated/α-hetero) is 1. The Labute approximate surface area is 126 Å². The lowest BCUT2D eigenvalue weighted by Crippen LogP contribution is -2.01. The van der Waals surface area contributed by atoms with Gasteiger partial charge in [-0.3, -0.25) is 4.79 Å². The first kappa shape index (κ1) is 13.5. The molecule has 0 bridgehead atoms. The van der Waals surface area contributed by atoms with Crippen LogP contribution in [0.2, 0.25) is 5.02 Å². The summed E-state index contributed by atoms with van der Waals surface area (Å²) in [4.78, 5) is 20.2. The van der Waals surface area contributed by atoms with Gasteiger partial charge in [-0.05, 0) is 31.2 Å². The summed E-state index contributed by atoms with van der Waals surface area (Å²) in [5, 5.41) is 1.38. The van der Waals surface area contributed by atoms with Crippen molar-refractivity contribution in [2.24, 2.45) is 0 Å². The average Bonchev–Trinajstić information content (AvgIpc) is 2.48. The van der Waals surface area contributed by atoms with Gasteiger partial charge in [0, 0.05) is 27.7 Å². The van der Waals surface area contributed by atoms with Gasteiger partial charge in [-0.1, -0.05) is 23.7 Å². The van der Waals surface area contributed by atoms with Gasteiger partial charge >= 0.3 is 0 Å². The first-order valence-electron chi connectivity index (χ1n) is 6.38. The van der Waals surface area contributed by atoms with E-state index in [1.54, 1.807) is 12.1 Å². The van der Waals surface area contributed by atoms with Crippen molar-refractivity contribution >= 4 is 34.1 Å². The summed E-state index contributed by atoms with van der Waals surface area (Å²) in [6, 6.07) is 11.1. The Morgan fingerprint density at radius 3 is 2.52 bits per heavy atom. The fourth-order valence-corrected chi connectivity index (χ4v) is 2.32. The van der Waals surface area contributed by atoms with E-state index >= 15 is 0 Å². The first-order chi connectivity index (χ1) is 10.1. The van der Waals surface area contributed by atoms with Gasteiger partial charge in [-0.2, -0.15) is 0 Å². The third kappa shape index (κ3) is 2.45. The molecule has 4 nitrogen and oxygen atoms in total. The summed E-state index contributed by atoms with van der Waals surface area (Å²) in [5.41, 5.74) is 8.63. The van der Waals surface area contributed by atoms with E-state index in [1.807, 2.05) is 24.3 Å². The second-order valence-electron chi connectivity index (χ2n) is 4.71. The van der Waals surface area contributed by atoms with Crippen LogP contribution in [0.25, 0.3) is 22.2 Å². The highest BCUT2D eigenvalue weighted by atomic mass is 35.5. The van der Waals surface area contributed by atoms with E-state index in [-0.39, 0.29) is 5.78 Å². The molecule has 0 unspecified atom stereocenters. The molecule has 0 aliphatic rings.